The maximum Gasteiger partial charge on any atom is 0.305 e. The van der Waals surface area contributed by atoms with Crippen molar-refractivity contribution in [1.82, 2.24) is 26.6 Å². The minimum absolute atomic E-state index is 0.116. The molecule has 0 saturated carbocycles. The van der Waals surface area contributed by atoms with Crippen LogP contribution in [0.4, 0.5) is 0 Å². The summed E-state index contributed by atoms with van der Waals surface area (Å²) in [5.41, 5.74) is 10.5. The Balaban J connectivity index is 3.04. The van der Waals surface area contributed by atoms with E-state index in [4.69, 9.17) is 16.6 Å². The summed E-state index contributed by atoms with van der Waals surface area (Å²) in [4.78, 5) is 76.5. The molecule has 0 bridgehead atoms. The molecule has 1 aliphatic heterocycles. The standard InChI is InChI=1S/C17H28N8O7S/c18-17(19)20-3-1-2-8-14(30)21-6-12(27)24-10(7-33)16(32)25-9(4-13(28)29)15(31)22-5-11(26)23-8/h8-10,33H,1-7H2,(H,21,30)(H,22,31)(H,23,26)(H,24,27)(H,25,32)(H,28,29)(H4,18,19,20)/t8-,9-,10-/m0/s1. The molecule has 0 unspecified atom stereocenters. The number of rotatable bonds is 7. The van der Waals surface area contributed by atoms with Gasteiger partial charge in [-0.3, -0.25) is 33.8 Å². The Morgan fingerprint density at radius 1 is 0.909 bits per heavy atom. The smallest absolute Gasteiger partial charge is 0.305 e. The molecule has 15 nitrogen and oxygen atoms in total. The van der Waals surface area contributed by atoms with Crippen LogP contribution in [0.3, 0.4) is 0 Å². The number of hydrogen-bond acceptors (Lipinski definition) is 8. The number of aliphatic imine (C=N–C) groups is 1. The Kier molecular flexibility index (Phi) is 11.5. The van der Waals surface area contributed by atoms with Crippen LogP contribution in [0.1, 0.15) is 19.3 Å². The Bertz CT molecular complexity index is 802. The number of carboxylic acids is 1. The quantitative estimate of drug-likeness (QED) is 0.0720. The first kappa shape index (κ1) is 27.5. The third kappa shape index (κ3) is 10.5. The van der Waals surface area contributed by atoms with Gasteiger partial charge in [0.05, 0.1) is 19.5 Å². The summed E-state index contributed by atoms with van der Waals surface area (Å²) < 4.78 is 0. The minimum atomic E-state index is -1.51. The van der Waals surface area contributed by atoms with E-state index in [1.165, 1.54) is 0 Å². The molecule has 0 aromatic heterocycles. The van der Waals surface area contributed by atoms with Crippen molar-refractivity contribution >= 4 is 54.1 Å². The minimum Gasteiger partial charge on any atom is -0.481 e. The van der Waals surface area contributed by atoms with E-state index in [1.54, 1.807) is 0 Å². The lowest BCUT2D eigenvalue weighted by Gasteiger charge is -2.21. The second-order valence-electron chi connectivity index (χ2n) is 6.97. The first-order chi connectivity index (χ1) is 15.5. The van der Waals surface area contributed by atoms with Gasteiger partial charge in [-0.1, -0.05) is 0 Å². The number of amides is 5. The summed E-state index contributed by atoms with van der Waals surface area (Å²) in [5.74, 6) is -5.64. The number of carboxylic acid groups (broad SMARTS) is 1. The van der Waals surface area contributed by atoms with Gasteiger partial charge in [-0.2, -0.15) is 12.6 Å². The van der Waals surface area contributed by atoms with Crippen molar-refractivity contribution in [3.63, 3.8) is 0 Å². The first-order valence-electron chi connectivity index (χ1n) is 9.86. The van der Waals surface area contributed by atoms with Gasteiger partial charge in [0.25, 0.3) is 0 Å². The van der Waals surface area contributed by atoms with E-state index in [9.17, 15) is 28.8 Å². The highest BCUT2D eigenvalue weighted by Gasteiger charge is 2.29. The van der Waals surface area contributed by atoms with E-state index >= 15 is 0 Å². The van der Waals surface area contributed by atoms with Crippen molar-refractivity contribution in [3.8, 4) is 0 Å². The number of nitrogens with zero attached hydrogens (tertiary/aromatic N) is 1. The fourth-order valence-corrected chi connectivity index (χ4v) is 2.95. The molecule has 16 heteroatoms. The lowest BCUT2D eigenvalue weighted by Crippen LogP contribution is -2.56. The highest BCUT2D eigenvalue weighted by Crippen LogP contribution is 2.01. The van der Waals surface area contributed by atoms with Crippen LogP contribution in [0, 0.1) is 0 Å². The van der Waals surface area contributed by atoms with Gasteiger partial charge < -0.3 is 43.2 Å². The molecule has 1 aliphatic rings. The molecule has 0 aliphatic carbocycles. The molecule has 0 aromatic rings. The number of carbonyl (C=O) groups excluding carboxylic acids is 5. The monoisotopic (exact) mass is 488 g/mol. The summed E-state index contributed by atoms with van der Waals surface area (Å²) >= 11 is 3.98. The van der Waals surface area contributed by atoms with Gasteiger partial charge in [0.1, 0.15) is 18.1 Å². The van der Waals surface area contributed by atoms with Crippen LogP contribution in [-0.4, -0.2) is 90.1 Å². The zero-order valence-electron chi connectivity index (χ0n) is 17.6. The predicted molar refractivity (Wildman–Crippen MR) is 118 cm³/mol. The average Bonchev–Trinajstić information content (AvgIpc) is 2.74. The third-order valence-corrected chi connectivity index (χ3v) is 4.65. The molecule has 0 radical (unpaired) electrons. The molecule has 1 rings (SSSR count). The number of nitrogens with one attached hydrogen (secondary N) is 5. The van der Waals surface area contributed by atoms with Crippen LogP contribution >= 0.6 is 12.6 Å². The molecule has 33 heavy (non-hydrogen) atoms. The van der Waals surface area contributed by atoms with E-state index in [0.717, 1.165) is 0 Å². The predicted octanol–water partition coefficient (Wildman–Crippen LogP) is -4.86. The maximum absolute atomic E-state index is 12.5. The van der Waals surface area contributed by atoms with Crippen molar-refractivity contribution in [1.29, 1.82) is 0 Å². The Morgan fingerprint density at radius 2 is 1.45 bits per heavy atom. The topological polar surface area (TPSA) is 247 Å². The van der Waals surface area contributed by atoms with Crippen molar-refractivity contribution in [2.45, 2.75) is 37.4 Å². The summed E-state index contributed by atoms with van der Waals surface area (Å²) in [6.07, 6.45) is -0.333. The Morgan fingerprint density at radius 3 is 1.97 bits per heavy atom. The summed E-state index contributed by atoms with van der Waals surface area (Å²) in [5, 5.41) is 20.6. The molecule has 3 atom stereocenters. The van der Waals surface area contributed by atoms with Gasteiger partial charge in [0.2, 0.25) is 29.5 Å². The van der Waals surface area contributed by atoms with Gasteiger partial charge >= 0.3 is 5.97 Å². The van der Waals surface area contributed by atoms with E-state index < -0.39 is 73.1 Å². The molecule has 1 saturated heterocycles. The molecule has 10 N–H and O–H groups in total. The Labute approximate surface area is 194 Å². The zero-order valence-corrected chi connectivity index (χ0v) is 18.5. The fraction of sp³-hybridized carbons (Fsp3) is 0.588. The highest BCUT2D eigenvalue weighted by molar-refractivity contribution is 7.80. The SMILES string of the molecule is NC(N)=NCCC[C@@H]1NC(=O)CNC(=O)[C@H](CC(=O)O)NC(=O)[C@H](CS)NC(=O)CNC1=O. The van der Waals surface area contributed by atoms with Gasteiger partial charge in [0.15, 0.2) is 5.96 Å². The second kappa shape index (κ2) is 13.8. The highest BCUT2D eigenvalue weighted by atomic mass is 32.1. The van der Waals surface area contributed by atoms with Gasteiger partial charge in [-0.05, 0) is 12.8 Å². The van der Waals surface area contributed by atoms with Crippen LogP contribution in [0.5, 0.6) is 0 Å². The Hall–Kier alpha value is -3.56. The second-order valence-corrected chi connectivity index (χ2v) is 7.33. The summed E-state index contributed by atoms with van der Waals surface area (Å²) in [6.45, 7) is -0.907. The third-order valence-electron chi connectivity index (χ3n) is 4.29. The lowest BCUT2D eigenvalue weighted by atomic mass is 10.1. The van der Waals surface area contributed by atoms with Gasteiger partial charge in [-0.25, -0.2) is 0 Å². The summed E-state index contributed by atoms with van der Waals surface area (Å²) in [7, 11) is 0. The van der Waals surface area contributed by atoms with E-state index in [1.807, 2.05) is 0 Å². The molecule has 1 heterocycles. The molecular formula is C17H28N8O7S. The number of nitrogens with two attached hydrogens (primary N) is 2. The molecule has 184 valence electrons. The maximum atomic E-state index is 12.5. The van der Waals surface area contributed by atoms with E-state index in [-0.39, 0.29) is 24.7 Å². The van der Waals surface area contributed by atoms with Crippen LogP contribution in [-0.2, 0) is 28.8 Å². The van der Waals surface area contributed by atoms with Crippen LogP contribution in [0.15, 0.2) is 4.99 Å². The van der Waals surface area contributed by atoms with Crippen molar-refractivity contribution in [3.05, 3.63) is 0 Å². The van der Waals surface area contributed by atoms with Crippen LogP contribution in [0.2, 0.25) is 0 Å². The first-order valence-corrected chi connectivity index (χ1v) is 10.5. The van der Waals surface area contributed by atoms with Crippen molar-refractivity contribution in [2.75, 3.05) is 25.4 Å². The van der Waals surface area contributed by atoms with Crippen molar-refractivity contribution in [2.24, 2.45) is 16.5 Å². The lowest BCUT2D eigenvalue weighted by molar-refractivity contribution is -0.141. The number of aliphatic carboxylic acids is 1. The number of carbonyl (C=O) groups is 6. The van der Waals surface area contributed by atoms with Gasteiger partial charge in [0, 0.05) is 12.3 Å². The molecular weight excluding hydrogens is 460 g/mol. The number of guanidine groups is 1. The van der Waals surface area contributed by atoms with E-state index in [2.05, 4.69) is 44.2 Å². The number of thiol groups is 1. The van der Waals surface area contributed by atoms with Crippen LogP contribution in [0.25, 0.3) is 0 Å². The van der Waals surface area contributed by atoms with Crippen LogP contribution < -0.4 is 38.1 Å². The molecule has 1 fully saturated rings. The van der Waals surface area contributed by atoms with Crippen molar-refractivity contribution < 1.29 is 33.9 Å². The molecule has 0 spiro atoms. The molecule has 0 aromatic carbocycles. The zero-order chi connectivity index (χ0) is 25.0. The normalized spacial score (nSPS) is 22.9. The van der Waals surface area contributed by atoms with E-state index in [0.29, 0.717) is 6.42 Å². The average molecular weight is 489 g/mol. The molecule has 5 amide bonds. The largest absolute Gasteiger partial charge is 0.481 e. The number of hydrogen-bond donors (Lipinski definition) is 9. The summed E-state index contributed by atoms with van der Waals surface area (Å²) in [6, 6.07) is -3.79. The van der Waals surface area contributed by atoms with Gasteiger partial charge in [-0.15, -0.1) is 0 Å². The fourth-order valence-electron chi connectivity index (χ4n) is 2.69.